The van der Waals surface area contributed by atoms with Crippen LogP contribution in [0.5, 0.6) is 0 Å². The van der Waals surface area contributed by atoms with Crippen molar-refractivity contribution in [3.63, 3.8) is 0 Å². The first-order valence-electron chi connectivity index (χ1n) is 20.3. The van der Waals surface area contributed by atoms with Crippen LogP contribution in [0.3, 0.4) is 0 Å². The lowest BCUT2D eigenvalue weighted by Crippen LogP contribution is -2.27. The molecule has 0 saturated heterocycles. The van der Waals surface area contributed by atoms with Crippen molar-refractivity contribution in [2.45, 2.75) is 225 Å². The van der Waals surface area contributed by atoms with E-state index in [0.29, 0.717) is 19.6 Å². The molecule has 1 N–H and O–H groups in total. The molecule has 1 atom stereocenters. The molecule has 0 aliphatic carbocycles. The molecule has 0 fully saturated rings. The summed E-state index contributed by atoms with van der Waals surface area (Å²) in [5, 5.41) is 9.55. The number of hydrogen-bond donors (Lipinski definition) is 1. The van der Waals surface area contributed by atoms with Crippen molar-refractivity contribution in [1.29, 1.82) is 0 Å². The number of esters is 1. The highest BCUT2D eigenvalue weighted by atomic mass is 16.6. The van der Waals surface area contributed by atoms with Gasteiger partial charge in [-0.2, -0.15) is 0 Å². The lowest BCUT2D eigenvalue weighted by Gasteiger charge is -2.16. The fourth-order valence-electron chi connectivity index (χ4n) is 6.03. The van der Waals surface area contributed by atoms with Crippen LogP contribution in [0.25, 0.3) is 0 Å². The van der Waals surface area contributed by atoms with Gasteiger partial charge < -0.3 is 14.6 Å². The van der Waals surface area contributed by atoms with Crippen LogP contribution in [0.4, 0.5) is 0 Å². The third kappa shape index (κ3) is 37.5. The van der Waals surface area contributed by atoms with Crippen molar-refractivity contribution in [2.75, 3.05) is 19.8 Å². The number of rotatable bonds is 38. The minimum atomic E-state index is -0.526. The maximum Gasteiger partial charge on any atom is 0.306 e. The fourth-order valence-corrected chi connectivity index (χ4v) is 6.03. The molecule has 0 amide bonds. The van der Waals surface area contributed by atoms with Crippen molar-refractivity contribution in [3.05, 3.63) is 12.2 Å². The Morgan fingerprint density at radius 3 is 1.27 bits per heavy atom. The summed E-state index contributed by atoms with van der Waals surface area (Å²) in [6, 6.07) is 0. The molecule has 0 rings (SSSR count). The van der Waals surface area contributed by atoms with Gasteiger partial charge in [0.05, 0.1) is 13.2 Å². The van der Waals surface area contributed by atoms with Gasteiger partial charge >= 0.3 is 5.97 Å². The summed E-state index contributed by atoms with van der Waals surface area (Å²) >= 11 is 0. The van der Waals surface area contributed by atoms with Crippen LogP contribution in [0, 0.1) is 0 Å². The van der Waals surface area contributed by atoms with Gasteiger partial charge in [-0.3, -0.25) is 4.79 Å². The van der Waals surface area contributed by atoms with Crippen molar-refractivity contribution >= 4 is 5.97 Å². The summed E-state index contributed by atoms with van der Waals surface area (Å²) in [6.07, 6.45) is 45.5. The van der Waals surface area contributed by atoms with Gasteiger partial charge in [-0.1, -0.05) is 187 Å². The summed E-state index contributed by atoms with van der Waals surface area (Å²) in [4.78, 5) is 12.2. The first-order chi connectivity index (χ1) is 22.2. The van der Waals surface area contributed by atoms with Gasteiger partial charge in [0.15, 0.2) is 0 Å². The van der Waals surface area contributed by atoms with E-state index in [1.54, 1.807) is 0 Å². The molecule has 0 aromatic carbocycles. The van der Waals surface area contributed by atoms with Gasteiger partial charge in [-0.05, 0) is 38.5 Å². The number of allylic oxidation sites excluding steroid dienone is 2. The van der Waals surface area contributed by atoms with E-state index >= 15 is 0 Å². The lowest BCUT2D eigenvalue weighted by molar-refractivity contribution is -0.154. The van der Waals surface area contributed by atoms with Crippen LogP contribution in [0.15, 0.2) is 12.2 Å². The third-order valence-electron chi connectivity index (χ3n) is 9.09. The molecule has 0 aromatic rings. The van der Waals surface area contributed by atoms with E-state index in [0.717, 1.165) is 19.3 Å². The molecule has 45 heavy (non-hydrogen) atoms. The fraction of sp³-hybridized carbons (Fsp3) is 0.927. The average Bonchev–Trinajstić information content (AvgIpc) is 3.05. The Balaban J connectivity index is 3.37. The van der Waals surface area contributed by atoms with Crippen LogP contribution in [-0.2, 0) is 14.3 Å². The van der Waals surface area contributed by atoms with Crippen LogP contribution in [0.1, 0.15) is 219 Å². The van der Waals surface area contributed by atoms with Gasteiger partial charge in [-0.25, -0.2) is 0 Å². The number of aliphatic hydroxyl groups is 1. The standard InChI is InChI=1S/C41H80O4/c1-3-5-7-9-11-13-15-16-17-18-19-20-21-22-23-24-25-26-27-28-30-32-34-36-41(43)45-40(38-42)39-44-37-35-33-31-29-14-12-10-8-6-4-2/h18-19,40,42H,3-17,20-39H2,1-2H3/b19-18-. The number of hydrogen-bond acceptors (Lipinski definition) is 4. The van der Waals surface area contributed by atoms with E-state index in [4.69, 9.17) is 9.47 Å². The zero-order chi connectivity index (χ0) is 32.7. The summed E-state index contributed by atoms with van der Waals surface area (Å²) in [6.45, 7) is 5.37. The van der Waals surface area contributed by atoms with Gasteiger partial charge in [0.1, 0.15) is 6.10 Å². The highest BCUT2D eigenvalue weighted by Crippen LogP contribution is 2.14. The Hall–Kier alpha value is -0.870. The lowest BCUT2D eigenvalue weighted by atomic mass is 10.0. The second kappa shape index (κ2) is 39.3. The Morgan fingerprint density at radius 1 is 0.511 bits per heavy atom. The van der Waals surface area contributed by atoms with E-state index in [1.165, 1.54) is 180 Å². The highest BCUT2D eigenvalue weighted by molar-refractivity contribution is 5.69. The molecule has 0 bridgehead atoms. The Morgan fingerprint density at radius 2 is 0.867 bits per heavy atom. The first-order valence-corrected chi connectivity index (χ1v) is 20.3. The number of carbonyl (C=O) groups is 1. The summed E-state index contributed by atoms with van der Waals surface area (Å²) in [5.41, 5.74) is 0. The van der Waals surface area contributed by atoms with Crippen molar-refractivity contribution in [2.24, 2.45) is 0 Å². The molecule has 268 valence electrons. The second-order valence-corrected chi connectivity index (χ2v) is 13.7. The maximum absolute atomic E-state index is 12.2. The zero-order valence-electron chi connectivity index (χ0n) is 30.7. The number of carbonyl (C=O) groups excluding carboxylic acids is 1. The average molecular weight is 637 g/mol. The summed E-state index contributed by atoms with van der Waals surface area (Å²) < 4.78 is 11.1. The number of aliphatic hydroxyl groups excluding tert-OH is 1. The van der Waals surface area contributed by atoms with E-state index in [1.807, 2.05) is 0 Å². The van der Waals surface area contributed by atoms with Gasteiger partial charge in [-0.15, -0.1) is 0 Å². The SMILES string of the molecule is CCCCCCCCCC/C=C\CCCCCCCCCCCCCC(=O)OC(CO)COCCCCCCCCCCCC. The van der Waals surface area contributed by atoms with E-state index in [9.17, 15) is 9.90 Å². The Bertz CT molecular complexity index is 590. The van der Waals surface area contributed by atoms with Gasteiger partial charge in [0.2, 0.25) is 0 Å². The quantitative estimate of drug-likeness (QED) is 0.0416. The molecule has 1 unspecified atom stereocenters. The minimum Gasteiger partial charge on any atom is -0.457 e. The van der Waals surface area contributed by atoms with Crippen LogP contribution >= 0.6 is 0 Å². The van der Waals surface area contributed by atoms with E-state index in [2.05, 4.69) is 26.0 Å². The monoisotopic (exact) mass is 637 g/mol. The molecular formula is C41H80O4. The number of unbranched alkanes of at least 4 members (excludes halogenated alkanes) is 28. The van der Waals surface area contributed by atoms with Gasteiger partial charge in [0.25, 0.3) is 0 Å². The molecule has 4 heteroatoms. The topological polar surface area (TPSA) is 55.8 Å². The molecule has 0 saturated carbocycles. The predicted octanol–water partition coefficient (Wildman–Crippen LogP) is 13.0. The van der Waals surface area contributed by atoms with Gasteiger partial charge in [0, 0.05) is 13.0 Å². The van der Waals surface area contributed by atoms with E-state index < -0.39 is 6.10 Å². The van der Waals surface area contributed by atoms with Crippen LogP contribution in [-0.4, -0.2) is 37.0 Å². The highest BCUT2D eigenvalue weighted by Gasteiger charge is 2.13. The number of ether oxygens (including phenoxy) is 2. The largest absolute Gasteiger partial charge is 0.457 e. The molecule has 4 nitrogen and oxygen atoms in total. The molecule has 0 radical (unpaired) electrons. The van der Waals surface area contributed by atoms with Crippen LogP contribution in [0.2, 0.25) is 0 Å². The minimum absolute atomic E-state index is 0.166. The smallest absolute Gasteiger partial charge is 0.306 e. The van der Waals surface area contributed by atoms with Crippen molar-refractivity contribution < 1.29 is 19.4 Å². The van der Waals surface area contributed by atoms with E-state index in [-0.39, 0.29) is 12.6 Å². The van der Waals surface area contributed by atoms with Crippen molar-refractivity contribution in [3.8, 4) is 0 Å². The molecule has 0 aliphatic rings. The summed E-state index contributed by atoms with van der Waals surface area (Å²) in [5.74, 6) is -0.199. The van der Waals surface area contributed by atoms with Crippen LogP contribution < -0.4 is 0 Å². The first kappa shape index (κ1) is 44.1. The molecule has 0 heterocycles. The third-order valence-corrected chi connectivity index (χ3v) is 9.09. The molecule has 0 aliphatic heterocycles. The normalized spacial score (nSPS) is 12.3. The summed E-state index contributed by atoms with van der Waals surface area (Å²) in [7, 11) is 0. The maximum atomic E-state index is 12.2. The Kier molecular flexibility index (Phi) is 38.5. The molecular weight excluding hydrogens is 556 g/mol. The van der Waals surface area contributed by atoms with Crippen molar-refractivity contribution in [1.82, 2.24) is 0 Å². The zero-order valence-corrected chi connectivity index (χ0v) is 30.7. The second-order valence-electron chi connectivity index (χ2n) is 13.7. The predicted molar refractivity (Wildman–Crippen MR) is 196 cm³/mol. The Labute approximate surface area is 282 Å². The molecule has 0 spiro atoms. The molecule has 0 aromatic heterocycles.